The van der Waals surface area contributed by atoms with Gasteiger partial charge in [0.15, 0.2) is 11.6 Å². The summed E-state index contributed by atoms with van der Waals surface area (Å²) in [6.07, 6.45) is 0. The molecule has 2 N–H and O–H groups in total. The normalized spacial score (nSPS) is 12.8. The Balaban J connectivity index is 2.56. The van der Waals surface area contributed by atoms with Crippen molar-refractivity contribution in [3.05, 3.63) is 51.8 Å². The van der Waals surface area contributed by atoms with Crippen molar-refractivity contribution in [2.75, 3.05) is 0 Å². The molecule has 1 unspecified atom stereocenters. The van der Waals surface area contributed by atoms with E-state index in [9.17, 15) is 8.78 Å². The molecule has 0 amide bonds. The number of hydrogen-bond donors (Lipinski definition) is 1. The lowest BCUT2D eigenvalue weighted by Crippen LogP contribution is -2.18. The molecule has 1 atom stereocenters. The Morgan fingerprint density at radius 1 is 1.39 bits per heavy atom. The third kappa shape index (κ3) is 2.11. The Morgan fingerprint density at radius 3 is 2.61 bits per heavy atom. The number of halogens is 3. The van der Waals surface area contributed by atoms with E-state index in [1.807, 2.05) is 0 Å². The molecule has 0 radical (unpaired) electrons. The monoisotopic (exact) mass is 271 g/mol. The van der Waals surface area contributed by atoms with Crippen LogP contribution < -0.4 is 5.73 Å². The summed E-state index contributed by atoms with van der Waals surface area (Å²) in [6, 6.07) is 3.12. The lowest BCUT2D eigenvalue weighted by atomic mass is 10.0. The quantitative estimate of drug-likeness (QED) is 0.854. The Hall–Kier alpha value is -1.46. The SMILES string of the molecule is Cc1cc(C(N)c2c(Cl)ccc(F)c2F)n(C)n1. The molecule has 0 saturated heterocycles. The fourth-order valence-corrected chi connectivity index (χ4v) is 2.16. The van der Waals surface area contributed by atoms with E-state index in [1.165, 1.54) is 10.7 Å². The standard InChI is InChI=1S/C12H12ClF2N3/c1-6-5-9(18(2)17-6)12(16)10-7(13)3-4-8(14)11(10)15/h3-5,12H,16H2,1-2H3. The van der Waals surface area contributed by atoms with Crippen molar-refractivity contribution in [3.63, 3.8) is 0 Å². The highest BCUT2D eigenvalue weighted by Crippen LogP contribution is 2.30. The summed E-state index contributed by atoms with van der Waals surface area (Å²) in [4.78, 5) is 0. The van der Waals surface area contributed by atoms with Crippen molar-refractivity contribution in [3.8, 4) is 0 Å². The molecule has 2 rings (SSSR count). The Labute approximate surface area is 108 Å². The number of hydrogen-bond acceptors (Lipinski definition) is 2. The highest BCUT2D eigenvalue weighted by Gasteiger charge is 2.22. The highest BCUT2D eigenvalue weighted by atomic mass is 35.5. The zero-order chi connectivity index (χ0) is 13.4. The van der Waals surface area contributed by atoms with Crippen molar-refractivity contribution in [1.82, 2.24) is 9.78 Å². The molecule has 0 aliphatic rings. The number of nitrogens with zero attached hydrogens (tertiary/aromatic N) is 2. The number of rotatable bonds is 2. The zero-order valence-electron chi connectivity index (χ0n) is 9.92. The fourth-order valence-electron chi connectivity index (χ4n) is 1.90. The second-order valence-corrected chi connectivity index (χ2v) is 4.48. The van der Waals surface area contributed by atoms with E-state index < -0.39 is 17.7 Å². The lowest BCUT2D eigenvalue weighted by molar-refractivity contribution is 0.492. The molecule has 2 aromatic rings. The molecule has 1 aromatic heterocycles. The van der Waals surface area contributed by atoms with Gasteiger partial charge >= 0.3 is 0 Å². The van der Waals surface area contributed by atoms with Crippen molar-refractivity contribution in [2.45, 2.75) is 13.0 Å². The molecular formula is C12H12ClF2N3. The third-order valence-electron chi connectivity index (χ3n) is 2.75. The summed E-state index contributed by atoms with van der Waals surface area (Å²) in [7, 11) is 1.69. The smallest absolute Gasteiger partial charge is 0.165 e. The van der Waals surface area contributed by atoms with Crippen LogP contribution in [0.3, 0.4) is 0 Å². The Morgan fingerprint density at radius 2 is 2.06 bits per heavy atom. The van der Waals surface area contributed by atoms with Crippen molar-refractivity contribution in [2.24, 2.45) is 12.8 Å². The molecule has 96 valence electrons. The minimum atomic E-state index is -1.02. The van der Waals surface area contributed by atoms with Crippen molar-refractivity contribution < 1.29 is 8.78 Å². The summed E-state index contributed by atoms with van der Waals surface area (Å²) < 4.78 is 28.5. The highest BCUT2D eigenvalue weighted by molar-refractivity contribution is 6.31. The minimum absolute atomic E-state index is 0.0559. The molecule has 0 saturated carbocycles. The maximum atomic E-state index is 13.8. The first kappa shape index (κ1) is 13.0. The molecule has 6 heteroatoms. The average Bonchev–Trinajstić information content (AvgIpc) is 2.63. The third-order valence-corrected chi connectivity index (χ3v) is 3.08. The van der Waals surface area contributed by atoms with Crippen LogP contribution in [-0.4, -0.2) is 9.78 Å². The maximum Gasteiger partial charge on any atom is 0.165 e. The van der Waals surface area contributed by atoms with Gasteiger partial charge in [-0.05, 0) is 25.1 Å². The molecule has 0 fully saturated rings. The van der Waals surface area contributed by atoms with Crippen LogP contribution in [0.25, 0.3) is 0 Å². The molecule has 0 bridgehead atoms. The first-order chi connectivity index (χ1) is 8.41. The first-order valence-corrected chi connectivity index (χ1v) is 5.69. The second kappa shape index (κ2) is 4.66. The van der Waals surface area contributed by atoms with Gasteiger partial charge in [-0.25, -0.2) is 8.78 Å². The van der Waals surface area contributed by atoms with Gasteiger partial charge in [0.2, 0.25) is 0 Å². The summed E-state index contributed by atoms with van der Waals surface area (Å²) in [5.74, 6) is -1.99. The van der Waals surface area contributed by atoms with E-state index in [0.29, 0.717) is 5.69 Å². The lowest BCUT2D eigenvalue weighted by Gasteiger charge is -2.15. The van der Waals surface area contributed by atoms with E-state index in [-0.39, 0.29) is 10.6 Å². The van der Waals surface area contributed by atoms with Crippen LogP contribution in [0.4, 0.5) is 8.78 Å². The molecular weight excluding hydrogens is 260 g/mol. The predicted molar refractivity (Wildman–Crippen MR) is 65.3 cm³/mol. The van der Waals surface area contributed by atoms with Gasteiger partial charge in [0.1, 0.15) is 0 Å². The fraction of sp³-hybridized carbons (Fsp3) is 0.250. The Bertz CT molecular complexity index is 595. The van der Waals surface area contributed by atoms with Crippen LogP contribution in [-0.2, 0) is 7.05 Å². The minimum Gasteiger partial charge on any atom is -0.319 e. The van der Waals surface area contributed by atoms with Gasteiger partial charge in [-0.3, -0.25) is 4.68 Å². The van der Waals surface area contributed by atoms with Gasteiger partial charge in [0.05, 0.1) is 17.4 Å². The second-order valence-electron chi connectivity index (χ2n) is 4.07. The van der Waals surface area contributed by atoms with Gasteiger partial charge in [0.25, 0.3) is 0 Å². The van der Waals surface area contributed by atoms with E-state index >= 15 is 0 Å². The average molecular weight is 272 g/mol. The van der Waals surface area contributed by atoms with Gasteiger partial charge < -0.3 is 5.73 Å². The summed E-state index contributed by atoms with van der Waals surface area (Å²) in [6.45, 7) is 1.79. The predicted octanol–water partition coefficient (Wildman–Crippen LogP) is 2.71. The van der Waals surface area contributed by atoms with Crippen LogP contribution in [0, 0.1) is 18.6 Å². The number of aryl methyl sites for hydroxylation is 2. The maximum absolute atomic E-state index is 13.8. The summed E-state index contributed by atoms with van der Waals surface area (Å²) in [5, 5.41) is 4.21. The van der Waals surface area contributed by atoms with Gasteiger partial charge in [0, 0.05) is 17.6 Å². The molecule has 0 aliphatic carbocycles. The first-order valence-electron chi connectivity index (χ1n) is 5.31. The molecule has 1 heterocycles. The van der Waals surface area contributed by atoms with Crippen LogP contribution in [0.2, 0.25) is 5.02 Å². The summed E-state index contributed by atoms with van der Waals surface area (Å²) >= 11 is 5.89. The van der Waals surface area contributed by atoms with Gasteiger partial charge in [-0.15, -0.1) is 0 Å². The van der Waals surface area contributed by atoms with Gasteiger partial charge in [-0.2, -0.15) is 5.10 Å². The van der Waals surface area contributed by atoms with E-state index in [2.05, 4.69) is 5.10 Å². The largest absolute Gasteiger partial charge is 0.319 e. The van der Waals surface area contributed by atoms with Crippen LogP contribution in [0.15, 0.2) is 18.2 Å². The zero-order valence-corrected chi connectivity index (χ0v) is 10.7. The molecule has 3 nitrogen and oxygen atoms in total. The van der Waals surface area contributed by atoms with Gasteiger partial charge in [-0.1, -0.05) is 11.6 Å². The molecule has 18 heavy (non-hydrogen) atoms. The molecule has 0 aliphatic heterocycles. The van der Waals surface area contributed by atoms with Crippen LogP contribution >= 0.6 is 11.6 Å². The van der Waals surface area contributed by atoms with Crippen molar-refractivity contribution in [1.29, 1.82) is 0 Å². The summed E-state index contributed by atoms with van der Waals surface area (Å²) in [5.41, 5.74) is 7.21. The topological polar surface area (TPSA) is 43.8 Å². The van der Waals surface area contributed by atoms with E-state index in [0.717, 1.165) is 11.8 Å². The van der Waals surface area contributed by atoms with E-state index in [1.54, 1.807) is 20.0 Å². The van der Waals surface area contributed by atoms with Crippen molar-refractivity contribution >= 4 is 11.6 Å². The number of aromatic nitrogens is 2. The van der Waals surface area contributed by atoms with Crippen LogP contribution in [0.1, 0.15) is 23.0 Å². The molecule has 0 spiro atoms. The number of benzene rings is 1. The Kier molecular flexibility index (Phi) is 3.36. The number of nitrogens with two attached hydrogens (primary N) is 1. The molecule has 1 aromatic carbocycles. The van der Waals surface area contributed by atoms with Crippen LogP contribution in [0.5, 0.6) is 0 Å². The van der Waals surface area contributed by atoms with E-state index in [4.69, 9.17) is 17.3 Å².